The molecule has 0 spiro atoms. The molecule has 19 heavy (non-hydrogen) atoms. The summed E-state index contributed by atoms with van der Waals surface area (Å²) in [5.74, 6) is 0.120. The van der Waals surface area contributed by atoms with Gasteiger partial charge < -0.3 is 5.32 Å². The number of nitrogens with one attached hydrogen (secondary N) is 1. The van der Waals surface area contributed by atoms with Crippen molar-refractivity contribution in [3.8, 4) is 0 Å². The van der Waals surface area contributed by atoms with Gasteiger partial charge in [0.15, 0.2) is 9.84 Å². The zero-order chi connectivity index (χ0) is 13.9. The van der Waals surface area contributed by atoms with Gasteiger partial charge in [-0.1, -0.05) is 6.92 Å². The Hall–Kier alpha value is -1.40. The van der Waals surface area contributed by atoms with Crippen LogP contribution in [0.15, 0.2) is 40.7 Å². The van der Waals surface area contributed by atoms with E-state index in [1.165, 1.54) is 0 Å². The van der Waals surface area contributed by atoms with E-state index in [9.17, 15) is 8.42 Å². The highest BCUT2D eigenvalue weighted by atomic mass is 32.2. The Kier molecular flexibility index (Phi) is 4.21. The summed E-state index contributed by atoms with van der Waals surface area (Å²) < 4.78 is 23.4. The first kappa shape index (κ1) is 14.0. The lowest BCUT2D eigenvalue weighted by molar-refractivity contribution is 0.597. The molecular formula is C13H16N2O2S2. The van der Waals surface area contributed by atoms with Crippen molar-refractivity contribution in [2.45, 2.75) is 24.8 Å². The lowest BCUT2D eigenvalue weighted by Crippen LogP contribution is -2.07. The van der Waals surface area contributed by atoms with E-state index in [2.05, 4.69) is 10.3 Å². The number of hydrogen-bond donors (Lipinski definition) is 1. The largest absolute Gasteiger partial charge is 0.376 e. The maximum absolute atomic E-state index is 11.7. The number of thiazole rings is 1. The fourth-order valence-corrected chi connectivity index (χ4v) is 3.22. The van der Waals surface area contributed by atoms with Gasteiger partial charge in [0.1, 0.15) is 5.01 Å². The van der Waals surface area contributed by atoms with Gasteiger partial charge in [0.25, 0.3) is 0 Å². The average molecular weight is 296 g/mol. The molecule has 0 amide bonds. The van der Waals surface area contributed by atoms with Crippen LogP contribution in [-0.2, 0) is 9.84 Å². The van der Waals surface area contributed by atoms with Crippen LogP contribution in [0, 0.1) is 0 Å². The van der Waals surface area contributed by atoms with E-state index in [0.717, 1.165) is 10.7 Å². The summed E-state index contributed by atoms with van der Waals surface area (Å²) in [4.78, 5) is 4.61. The maximum atomic E-state index is 11.7. The molecule has 2 aromatic rings. The summed E-state index contributed by atoms with van der Waals surface area (Å²) in [6.45, 7) is 3.67. The third-order valence-electron chi connectivity index (χ3n) is 2.80. The van der Waals surface area contributed by atoms with Gasteiger partial charge in [-0.3, -0.25) is 0 Å². The zero-order valence-corrected chi connectivity index (χ0v) is 12.5. The topological polar surface area (TPSA) is 59.1 Å². The van der Waals surface area contributed by atoms with Crippen LogP contribution in [-0.4, -0.2) is 19.2 Å². The van der Waals surface area contributed by atoms with Crippen molar-refractivity contribution in [2.24, 2.45) is 0 Å². The highest BCUT2D eigenvalue weighted by molar-refractivity contribution is 7.91. The van der Waals surface area contributed by atoms with Gasteiger partial charge in [0, 0.05) is 17.3 Å². The van der Waals surface area contributed by atoms with Gasteiger partial charge in [-0.25, -0.2) is 13.4 Å². The van der Waals surface area contributed by atoms with Crippen LogP contribution in [0.2, 0.25) is 0 Å². The number of sulfone groups is 1. The molecule has 4 nitrogen and oxygen atoms in total. The van der Waals surface area contributed by atoms with E-state index in [0.29, 0.717) is 4.90 Å². The fourth-order valence-electron chi connectivity index (χ4n) is 1.69. The number of aromatic nitrogens is 1. The lowest BCUT2D eigenvalue weighted by Gasteiger charge is -2.13. The molecule has 1 aromatic heterocycles. The summed E-state index contributed by atoms with van der Waals surface area (Å²) >= 11 is 1.59. The van der Waals surface area contributed by atoms with Gasteiger partial charge in [-0.2, -0.15) is 0 Å². The standard InChI is InChI=1S/C13H16N2O2S2/c1-3-19(16,17)12-6-4-11(5-7-12)15-10(2)13-14-8-9-18-13/h4-10,15H,3H2,1-2H3. The SMILES string of the molecule is CCS(=O)(=O)c1ccc(NC(C)c2nccs2)cc1. The van der Waals surface area contributed by atoms with Crippen molar-refractivity contribution in [1.82, 2.24) is 4.98 Å². The van der Waals surface area contributed by atoms with E-state index < -0.39 is 9.84 Å². The first-order valence-electron chi connectivity index (χ1n) is 6.01. The van der Waals surface area contributed by atoms with Crippen LogP contribution in [0.1, 0.15) is 24.9 Å². The fraction of sp³-hybridized carbons (Fsp3) is 0.308. The molecule has 1 atom stereocenters. The monoisotopic (exact) mass is 296 g/mol. The molecule has 0 radical (unpaired) electrons. The Morgan fingerprint density at radius 3 is 2.53 bits per heavy atom. The first-order valence-corrected chi connectivity index (χ1v) is 8.55. The molecule has 0 fully saturated rings. The summed E-state index contributed by atoms with van der Waals surface area (Å²) in [5, 5.41) is 6.23. The van der Waals surface area contributed by atoms with Crippen molar-refractivity contribution in [2.75, 3.05) is 11.1 Å². The smallest absolute Gasteiger partial charge is 0.178 e. The van der Waals surface area contributed by atoms with Crippen LogP contribution in [0.4, 0.5) is 5.69 Å². The first-order chi connectivity index (χ1) is 9.03. The molecule has 0 saturated carbocycles. The van der Waals surface area contributed by atoms with E-state index in [1.807, 2.05) is 12.3 Å². The lowest BCUT2D eigenvalue weighted by atomic mass is 10.3. The van der Waals surface area contributed by atoms with Crippen LogP contribution in [0.5, 0.6) is 0 Å². The quantitative estimate of drug-likeness (QED) is 0.921. The minimum absolute atomic E-state index is 0.105. The van der Waals surface area contributed by atoms with Crippen LogP contribution in [0.3, 0.4) is 0 Å². The molecule has 1 N–H and O–H groups in total. The van der Waals surface area contributed by atoms with Crippen molar-refractivity contribution in [3.63, 3.8) is 0 Å². The Labute approximate surface area is 117 Å². The minimum atomic E-state index is -3.12. The molecule has 1 heterocycles. The molecule has 0 aliphatic heterocycles. The normalized spacial score (nSPS) is 13.2. The Morgan fingerprint density at radius 1 is 1.32 bits per heavy atom. The predicted octanol–water partition coefficient (Wildman–Crippen LogP) is 3.11. The number of rotatable bonds is 5. The summed E-state index contributed by atoms with van der Waals surface area (Å²) in [7, 11) is -3.12. The summed E-state index contributed by atoms with van der Waals surface area (Å²) in [6.07, 6.45) is 1.77. The molecule has 6 heteroatoms. The highest BCUT2D eigenvalue weighted by Crippen LogP contribution is 2.22. The summed E-state index contributed by atoms with van der Waals surface area (Å²) in [6, 6.07) is 6.94. The van der Waals surface area contributed by atoms with Gasteiger partial charge in [-0.15, -0.1) is 11.3 Å². The second kappa shape index (κ2) is 5.71. The van der Waals surface area contributed by atoms with Crippen LogP contribution >= 0.6 is 11.3 Å². The molecule has 0 aliphatic rings. The average Bonchev–Trinajstić information content (AvgIpc) is 2.93. The van der Waals surface area contributed by atoms with Crippen molar-refractivity contribution in [1.29, 1.82) is 0 Å². The van der Waals surface area contributed by atoms with Gasteiger partial charge in [0.2, 0.25) is 0 Å². The number of benzene rings is 1. The number of anilines is 1. The van der Waals surface area contributed by atoms with E-state index in [-0.39, 0.29) is 11.8 Å². The highest BCUT2D eigenvalue weighted by Gasteiger charge is 2.12. The molecule has 0 aliphatic carbocycles. The maximum Gasteiger partial charge on any atom is 0.178 e. The van der Waals surface area contributed by atoms with E-state index >= 15 is 0 Å². The molecule has 2 rings (SSSR count). The predicted molar refractivity (Wildman–Crippen MR) is 78.3 cm³/mol. The second-order valence-electron chi connectivity index (χ2n) is 4.16. The molecular weight excluding hydrogens is 280 g/mol. The third kappa shape index (κ3) is 3.33. The van der Waals surface area contributed by atoms with Gasteiger partial charge in [0.05, 0.1) is 16.7 Å². The number of hydrogen-bond acceptors (Lipinski definition) is 5. The molecule has 1 unspecified atom stereocenters. The summed E-state index contributed by atoms with van der Waals surface area (Å²) in [5.41, 5.74) is 0.887. The third-order valence-corrected chi connectivity index (χ3v) is 5.51. The van der Waals surface area contributed by atoms with E-state index in [1.54, 1.807) is 48.7 Å². The Morgan fingerprint density at radius 2 is 2.00 bits per heavy atom. The minimum Gasteiger partial charge on any atom is -0.376 e. The van der Waals surface area contributed by atoms with Gasteiger partial charge in [-0.05, 0) is 31.2 Å². The van der Waals surface area contributed by atoms with E-state index in [4.69, 9.17) is 0 Å². The second-order valence-corrected chi connectivity index (χ2v) is 7.37. The van der Waals surface area contributed by atoms with Crippen LogP contribution in [0.25, 0.3) is 0 Å². The molecule has 0 bridgehead atoms. The van der Waals surface area contributed by atoms with Crippen LogP contribution < -0.4 is 5.32 Å². The molecule has 0 saturated heterocycles. The Balaban J connectivity index is 2.11. The zero-order valence-electron chi connectivity index (χ0n) is 10.8. The van der Waals surface area contributed by atoms with Crippen molar-refractivity contribution < 1.29 is 8.42 Å². The van der Waals surface area contributed by atoms with Crippen molar-refractivity contribution in [3.05, 3.63) is 40.8 Å². The number of nitrogens with zero attached hydrogens (tertiary/aromatic N) is 1. The van der Waals surface area contributed by atoms with Gasteiger partial charge >= 0.3 is 0 Å². The Bertz CT molecular complexity index is 619. The van der Waals surface area contributed by atoms with Crippen molar-refractivity contribution >= 4 is 26.9 Å². The molecule has 102 valence electrons. The molecule has 1 aromatic carbocycles.